The van der Waals surface area contributed by atoms with Crippen LogP contribution in [0.2, 0.25) is 0 Å². The molecule has 5 heteroatoms. The molecule has 0 spiro atoms. The maximum Gasteiger partial charge on any atom is 0.252 e. The Morgan fingerprint density at radius 2 is 2.24 bits per heavy atom. The van der Waals surface area contributed by atoms with E-state index in [1.165, 1.54) is 0 Å². The molecule has 1 aromatic rings. The number of hydrogen-bond donors (Lipinski definition) is 1. The second-order valence-electron chi connectivity index (χ2n) is 4.35. The zero-order chi connectivity index (χ0) is 12.4. The fourth-order valence-electron chi connectivity index (χ4n) is 1.99. The van der Waals surface area contributed by atoms with Crippen molar-refractivity contribution in [3.8, 4) is 0 Å². The van der Waals surface area contributed by atoms with Crippen molar-refractivity contribution < 1.29 is 4.79 Å². The van der Waals surface area contributed by atoms with Crippen LogP contribution in [0.1, 0.15) is 16.8 Å². The zero-order valence-electron chi connectivity index (χ0n) is 9.54. The highest BCUT2D eigenvalue weighted by molar-refractivity contribution is 9.11. The van der Waals surface area contributed by atoms with Gasteiger partial charge >= 0.3 is 0 Å². The van der Waals surface area contributed by atoms with E-state index in [0.29, 0.717) is 5.56 Å². The fraction of sp³-hybridized carbons (Fsp3) is 0.417. The topological polar surface area (TPSA) is 32.3 Å². The molecule has 92 valence electrons. The van der Waals surface area contributed by atoms with Gasteiger partial charge in [0.1, 0.15) is 0 Å². The van der Waals surface area contributed by atoms with Gasteiger partial charge in [-0.3, -0.25) is 4.79 Å². The molecule has 2 rings (SSSR count). The molecular weight excluding hydrogens is 348 g/mol. The number of likely N-dealkylation sites (N-methyl/N-ethyl adjacent to an activating group) is 1. The lowest BCUT2D eigenvalue weighted by atomic mass is 10.2. The molecule has 1 unspecified atom stereocenters. The third kappa shape index (κ3) is 3.30. The molecule has 1 amide bonds. The zero-order valence-corrected chi connectivity index (χ0v) is 12.7. The summed E-state index contributed by atoms with van der Waals surface area (Å²) in [5, 5.41) is 3.06. The normalized spacial score (nSPS) is 20.5. The molecule has 0 aliphatic carbocycles. The van der Waals surface area contributed by atoms with Gasteiger partial charge in [-0.2, -0.15) is 0 Å². The molecule has 0 bridgehead atoms. The summed E-state index contributed by atoms with van der Waals surface area (Å²) in [7, 11) is 2.07. The molecule has 1 fully saturated rings. The molecule has 1 atom stereocenters. The molecule has 1 N–H and O–H groups in total. The lowest BCUT2D eigenvalue weighted by Gasteiger charge is -2.13. The van der Waals surface area contributed by atoms with E-state index in [-0.39, 0.29) is 11.9 Å². The van der Waals surface area contributed by atoms with Crippen LogP contribution in [0, 0.1) is 0 Å². The number of benzene rings is 1. The van der Waals surface area contributed by atoms with Gasteiger partial charge < -0.3 is 10.2 Å². The van der Waals surface area contributed by atoms with Crippen molar-refractivity contribution in [1.29, 1.82) is 0 Å². The molecular formula is C12H14Br2N2O. The summed E-state index contributed by atoms with van der Waals surface area (Å²) in [5.74, 6) is -0.00956. The number of nitrogens with one attached hydrogen (secondary N) is 1. The predicted molar refractivity (Wildman–Crippen MR) is 75.2 cm³/mol. The molecule has 0 radical (unpaired) electrons. The average Bonchev–Trinajstić information content (AvgIpc) is 2.63. The van der Waals surface area contributed by atoms with Crippen molar-refractivity contribution in [3.63, 3.8) is 0 Å². The van der Waals surface area contributed by atoms with Gasteiger partial charge in [-0.15, -0.1) is 0 Å². The van der Waals surface area contributed by atoms with Gasteiger partial charge in [0, 0.05) is 21.5 Å². The van der Waals surface area contributed by atoms with E-state index < -0.39 is 0 Å². The second kappa shape index (κ2) is 5.50. The van der Waals surface area contributed by atoms with E-state index in [0.717, 1.165) is 28.5 Å². The summed E-state index contributed by atoms with van der Waals surface area (Å²) in [6.45, 7) is 1.98. The van der Waals surface area contributed by atoms with Crippen molar-refractivity contribution in [2.75, 3.05) is 20.1 Å². The van der Waals surface area contributed by atoms with Crippen LogP contribution in [0.4, 0.5) is 0 Å². The van der Waals surface area contributed by atoms with E-state index in [1.54, 1.807) is 0 Å². The van der Waals surface area contributed by atoms with E-state index in [4.69, 9.17) is 0 Å². The Bertz CT molecular complexity index is 437. The minimum atomic E-state index is -0.00956. The van der Waals surface area contributed by atoms with Gasteiger partial charge in [0.25, 0.3) is 5.91 Å². The summed E-state index contributed by atoms with van der Waals surface area (Å²) in [6, 6.07) is 5.85. The number of nitrogens with zero attached hydrogens (tertiary/aromatic N) is 1. The number of amides is 1. The standard InChI is InChI=1S/C12H14Br2N2O/c1-16-5-4-9(7-16)15-12(17)10-3-2-8(13)6-11(10)14/h2-3,6,9H,4-5,7H2,1H3,(H,15,17). The average molecular weight is 362 g/mol. The first-order valence-corrected chi connectivity index (χ1v) is 7.09. The summed E-state index contributed by atoms with van der Waals surface area (Å²) in [4.78, 5) is 14.3. The first-order valence-electron chi connectivity index (χ1n) is 5.50. The number of rotatable bonds is 2. The third-order valence-electron chi connectivity index (χ3n) is 2.90. The van der Waals surface area contributed by atoms with Crippen LogP contribution in [0.3, 0.4) is 0 Å². The quantitative estimate of drug-likeness (QED) is 0.878. The van der Waals surface area contributed by atoms with Gasteiger partial charge in [-0.25, -0.2) is 0 Å². The SMILES string of the molecule is CN1CCC(NC(=O)c2ccc(Br)cc2Br)C1. The number of hydrogen-bond acceptors (Lipinski definition) is 2. The molecule has 17 heavy (non-hydrogen) atoms. The van der Waals surface area contributed by atoms with Gasteiger partial charge in [0.2, 0.25) is 0 Å². The van der Waals surface area contributed by atoms with Crippen LogP contribution in [0.15, 0.2) is 27.1 Å². The first kappa shape index (κ1) is 13.1. The van der Waals surface area contributed by atoms with Crippen LogP contribution < -0.4 is 5.32 Å². The maximum atomic E-state index is 12.1. The first-order chi connectivity index (χ1) is 8.06. The minimum Gasteiger partial charge on any atom is -0.348 e. The van der Waals surface area contributed by atoms with Crippen molar-refractivity contribution in [2.45, 2.75) is 12.5 Å². The summed E-state index contributed by atoms with van der Waals surface area (Å²) < 4.78 is 1.78. The van der Waals surface area contributed by atoms with E-state index in [1.807, 2.05) is 18.2 Å². The van der Waals surface area contributed by atoms with Gasteiger partial charge in [-0.05, 0) is 54.1 Å². The number of halogens is 2. The van der Waals surface area contributed by atoms with E-state index in [2.05, 4.69) is 49.1 Å². The summed E-state index contributed by atoms with van der Waals surface area (Å²) in [6.07, 6.45) is 1.02. The monoisotopic (exact) mass is 360 g/mol. The summed E-state index contributed by atoms with van der Waals surface area (Å²) in [5.41, 5.74) is 0.683. The van der Waals surface area contributed by atoms with Gasteiger partial charge in [-0.1, -0.05) is 15.9 Å². The largest absolute Gasteiger partial charge is 0.348 e. The fourth-order valence-corrected chi connectivity index (χ4v) is 3.22. The Hall–Kier alpha value is -0.390. The molecule has 3 nitrogen and oxygen atoms in total. The Kier molecular flexibility index (Phi) is 4.22. The van der Waals surface area contributed by atoms with Crippen molar-refractivity contribution >= 4 is 37.8 Å². The minimum absolute atomic E-state index is 0.00956. The lowest BCUT2D eigenvalue weighted by Crippen LogP contribution is -2.36. The highest BCUT2D eigenvalue weighted by atomic mass is 79.9. The van der Waals surface area contributed by atoms with Gasteiger partial charge in [0.15, 0.2) is 0 Å². The van der Waals surface area contributed by atoms with Crippen LogP contribution in [-0.4, -0.2) is 37.0 Å². The number of carbonyl (C=O) groups excluding carboxylic acids is 1. The number of carbonyl (C=O) groups is 1. The smallest absolute Gasteiger partial charge is 0.252 e. The molecule has 0 aromatic heterocycles. The maximum absolute atomic E-state index is 12.1. The van der Waals surface area contributed by atoms with Crippen LogP contribution in [0.25, 0.3) is 0 Å². The molecule has 1 heterocycles. The molecule has 1 aromatic carbocycles. The van der Waals surface area contributed by atoms with Crippen molar-refractivity contribution in [2.24, 2.45) is 0 Å². The Labute approximate surface area is 118 Å². The van der Waals surface area contributed by atoms with E-state index >= 15 is 0 Å². The number of likely N-dealkylation sites (tertiary alicyclic amines) is 1. The Morgan fingerprint density at radius 3 is 2.82 bits per heavy atom. The predicted octanol–water partition coefficient (Wildman–Crippen LogP) is 2.65. The lowest BCUT2D eigenvalue weighted by molar-refractivity contribution is 0.0937. The van der Waals surface area contributed by atoms with Crippen LogP contribution >= 0.6 is 31.9 Å². The highest BCUT2D eigenvalue weighted by Gasteiger charge is 2.22. The molecule has 1 saturated heterocycles. The van der Waals surface area contributed by atoms with Crippen LogP contribution in [-0.2, 0) is 0 Å². The highest BCUT2D eigenvalue weighted by Crippen LogP contribution is 2.22. The molecule has 1 aliphatic heterocycles. The Balaban J connectivity index is 2.04. The van der Waals surface area contributed by atoms with Crippen molar-refractivity contribution in [1.82, 2.24) is 10.2 Å². The van der Waals surface area contributed by atoms with Crippen molar-refractivity contribution in [3.05, 3.63) is 32.7 Å². The molecule has 0 saturated carbocycles. The van der Waals surface area contributed by atoms with Gasteiger partial charge in [0.05, 0.1) is 5.56 Å². The second-order valence-corrected chi connectivity index (χ2v) is 6.12. The third-order valence-corrected chi connectivity index (χ3v) is 4.05. The van der Waals surface area contributed by atoms with E-state index in [9.17, 15) is 4.79 Å². The molecule has 1 aliphatic rings. The summed E-state index contributed by atoms with van der Waals surface area (Å²) >= 11 is 6.78. The van der Waals surface area contributed by atoms with Crippen LogP contribution in [0.5, 0.6) is 0 Å². The Morgan fingerprint density at radius 1 is 1.47 bits per heavy atom.